The lowest BCUT2D eigenvalue weighted by Gasteiger charge is -2.40. The van der Waals surface area contributed by atoms with E-state index in [0.717, 1.165) is 36.6 Å². The molecule has 4 rings (SSSR count). The van der Waals surface area contributed by atoms with E-state index in [2.05, 4.69) is 15.0 Å². The summed E-state index contributed by atoms with van der Waals surface area (Å²) in [5, 5.41) is 14.6. The smallest absolute Gasteiger partial charge is 0.409 e. The molecule has 10 heteroatoms. The zero-order valence-corrected chi connectivity index (χ0v) is 21.6. The molecule has 1 aromatic carbocycles. The van der Waals surface area contributed by atoms with Crippen LogP contribution in [0.4, 0.5) is 4.79 Å². The molecule has 0 spiro atoms. The van der Waals surface area contributed by atoms with Gasteiger partial charge in [0, 0.05) is 30.7 Å². The number of nitrogens with zero attached hydrogens (tertiary/aromatic N) is 3. The number of hydrogen-bond donors (Lipinski definition) is 2. The van der Waals surface area contributed by atoms with Gasteiger partial charge in [0.15, 0.2) is 0 Å². The molecule has 2 saturated heterocycles. The number of amides is 2. The maximum Gasteiger partial charge on any atom is 0.409 e. The number of piperidine rings is 1. The number of aliphatic hydroxyl groups is 1. The highest BCUT2D eigenvalue weighted by molar-refractivity contribution is 5.97. The molecule has 2 amide bonds. The third-order valence-electron chi connectivity index (χ3n) is 7.51. The van der Waals surface area contributed by atoms with E-state index in [1.165, 1.54) is 12.0 Å². The van der Waals surface area contributed by atoms with Crippen molar-refractivity contribution < 1.29 is 24.2 Å². The number of benzene rings is 1. The van der Waals surface area contributed by atoms with Crippen LogP contribution in [0, 0.1) is 0 Å². The fourth-order valence-corrected chi connectivity index (χ4v) is 5.91. The van der Waals surface area contributed by atoms with E-state index >= 15 is 0 Å². The number of fused-ring (bicyclic) bond motifs is 3. The summed E-state index contributed by atoms with van der Waals surface area (Å²) in [5.74, 6) is -0.356. The molecule has 1 aromatic heterocycles. The average Bonchev–Trinajstić information content (AvgIpc) is 3.09. The number of aliphatic hydroxyl groups excluding tert-OH is 1. The van der Waals surface area contributed by atoms with Gasteiger partial charge in [0.25, 0.3) is 11.5 Å². The third kappa shape index (κ3) is 5.70. The number of aromatic nitrogens is 1. The Kier molecular flexibility index (Phi) is 8.29. The van der Waals surface area contributed by atoms with E-state index in [-0.39, 0.29) is 54.3 Å². The first-order valence-corrected chi connectivity index (χ1v) is 12.9. The molecule has 0 saturated carbocycles. The first kappa shape index (κ1) is 26.8. The van der Waals surface area contributed by atoms with Crippen LogP contribution in [-0.4, -0.2) is 88.7 Å². The number of nitrogens with one attached hydrogen (secondary N) is 1. The SMILES string of the molecule is COC(=O)N(CC=O)CC(O)CN1[C@@H]2CC[C@H]1C[C@H](NC(=O)c1cc3ccccc3n(C(C)C)c1=O)C2. The molecule has 2 bridgehead atoms. The number of carbonyl (C=O) groups excluding carboxylic acids is 3. The maximum atomic E-state index is 13.3. The Morgan fingerprint density at radius 3 is 2.51 bits per heavy atom. The van der Waals surface area contributed by atoms with Crippen LogP contribution in [0.2, 0.25) is 0 Å². The van der Waals surface area contributed by atoms with Gasteiger partial charge in [-0.25, -0.2) is 4.79 Å². The quantitative estimate of drug-likeness (QED) is 0.493. The molecule has 2 N–H and O–H groups in total. The summed E-state index contributed by atoms with van der Waals surface area (Å²) in [6.07, 6.45) is 2.46. The standard InChI is InChI=1S/C27H36N4O6/c1-17(2)31-24-7-5-4-6-18(24)12-23(26(31)35)25(34)28-19-13-20-8-9-21(14-19)30(20)16-22(33)15-29(10-11-32)27(36)37-3/h4-7,11-12,17,19-22,33H,8-10,13-16H2,1-3H3,(H,28,34)/t19-,20-,21+,22?. The second-order valence-electron chi connectivity index (χ2n) is 10.3. The van der Waals surface area contributed by atoms with Gasteiger partial charge >= 0.3 is 6.09 Å². The Morgan fingerprint density at radius 2 is 1.89 bits per heavy atom. The molecule has 10 nitrogen and oxygen atoms in total. The van der Waals surface area contributed by atoms with Crippen molar-refractivity contribution in [2.45, 2.75) is 69.8 Å². The van der Waals surface area contributed by atoms with E-state index in [9.17, 15) is 24.3 Å². The van der Waals surface area contributed by atoms with Gasteiger partial charge in [-0.2, -0.15) is 0 Å². The third-order valence-corrected chi connectivity index (χ3v) is 7.51. The van der Waals surface area contributed by atoms with E-state index in [0.29, 0.717) is 12.8 Å². The molecule has 200 valence electrons. The Hall–Kier alpha value is -3.24. The van der Waals surface area contributed by atoms with E-state index in [1.807, 2.05) is 38.1 Å². The number of carbonyl (C=O) groups is 3. The van der Waals surface area contributed by atoms with Crippen molar-refractivity contribution in [2.24, 2.45) is 0 Å². The monoisotopic (exact) mass is 512 g/mol. The van der Waals surface area contributed by atoms with E-state index in [1.54, 1.807) is 10.6 Å². The minimum Gasteiger partial charge on any atom is -0.453 e. The Morgan fingerprint density at radius 1 is 1.22 bits per heavy atom. The summed E-state index contributed by atoms with van der Waals surface area (Å²) in [6, 6.07) is 9.46. The average molecular weight is 513 g/mol. The predicted molar refractivity (Wildman–Crippen MR) is 139 cm³/mol. The minimum absolute atomic E-state index is 0.00556. The molecule has 0 aliphatic carbocycles. The molecule has 1 unspecified atom stereocenters. The molecule has 37 heavy (non-hydrogen) atoms. The van der Waals surface area contributed by atoms with Crippen LogP contribution in [0.15, 0.2) is 35.1 Å². The molecular formula is C27H36N4O6. The topological polar surface area (TPSA) is 121 Å². The first-order chi connectivity index (χ1) is 17.7. The summed E-state index contributed by atoms with van der Waals surface area (Å²) in [7, 11) is 1.24. The molecule has 2 aliphatic heterocycles. The summed E-state index contributed by atoms with van der Waals surface area (Å²) in [4.78, 5) is 52.7. The number of methoxy groups -OCH3 is 1. The molecule has 2 aromatic rings. The highest BCUT2D eigenvalue weighted by atomic mass is 16.5. The van der Waals surface area contributed by atoms with Crippen molar-refractivity contribution in [1.29, 1.82) is 0 Å². The minimum atomic E-state index is -0.833. The van der Waals surface area contributed by atoms with Crippen molar-refractivity contribution in [3.8, 4) is 0 Å². The summed E-state index contributed by atoms with van der Waals surface area (Å²) in [5.41, 5.74) is 0.666. The van der Waals surface area contributed by atoms with Gasteiger partial charge in [-0.05, 0) is 57.0 Å². The lowest BCUT2D eigenvalue weighted by molar-refractivity contribution is -0.108. The molecule has 2 fully saturated rings. The van der Waals surface area contributed by atoms with Crippen LogP contribution in [0.1, 0.15) is 55.9 Å². The summed E-state index contributed by atoms with van der Waals surface area (Å²) >= 11 is 0. The number of ether oxygens (including phenoxy) is 1. The summed E-state index contributed by atoms with van der Waals surface area (Å²) in [6.45, 7) is 4.09. The molecule has 3 heterocycles. The second kappa shape index (κ2) is 11.4. The van der Waals surface area contributed by atoms with Crippen molar-refractivity contribution in [3.05, 3.63) is 46.2 Å². The Labute approximate surface area is 216 Å². The van der Waals surface area contributed by atoms with Crippen molar-refractivity contribution in [3.63, 3.8) is 0 Å². The van der Waals surface area contributed by atoms with Crippen LogP contribution >= 0.6 is 0 Å². The van der Waals surface area contributed by atoms with E-state index < -0.39 is 12.2 Å². The lowest BCUT2D eigenvalue weighted by Crippen LogP contribution is -2.53. The van der Waals surface area contributed by atoms with Gasteiger partial charge in [0.1, 0.15) is 11.8 Å². The van der Waals surface area contributed by atoms with Gasteiger partial charge in [-0.3, -0.25) is 19.4 Å². The zero-order chi connectivity index (χ0) is 26.7. The van der Waals surface area contributed by atoms with Crippen molar-refractivity contribution >= 4 is 29.2 Å². The van der Waals surface area contributed by atoms with Crippen LogP contribution in [0.3, 0.4) is 0 Å². The number of hydrogen-bond acceptors (Lipinski definition) is 7. The van der Waals surface area contributed by atoms with Gasteiger partial charge in [-0.1, -0.05) is 18.2 Å². The molecule has 4 atom stereocenters. The van der Waals surface area contributed by atoms with Crippen LogP contribution in [0.25, 0.3) is 10.9 Å². The number of aldehydes is 1. The number of rotatable bonds is 9. The van der Waals surface area contributed by atoms with Crippen molar-refractivity contribution in [1.82, 2.24) is 19.7 Å². The molecular weight excluding hydrogens is 476 g/mol. The van der Waals surface area contributed by atoms with E-state index in [4.69, 9.17) is 0 Å². The summed E-state index contributed by atoms with van der Waals surface area (Å²) < 4.78 is 6.36. The van der Waals surface area contributed by atoms with Crippen LogP contribution < -0.4 is 10.9 Å². The second-order valence-corrected chi connectivity index (χ2v) is 10.3. The molecule has 0 radical (unpaired) electrons. The fraction of sp³-hybridized carbons (Fsp3) is 0.556. The van der Waals surface area contributed by atoms with Crippen molar-refractivity contribution in [2.75, 3.05) is 26.7 Å². The Bertz CT molecular complexity index is 1200. The number of pyridine rings is 1. The molecule has 2 aliphatic rings. The normalized spacial score (nSPS) is 22.1. The predicted octanol–water partition coefficient (Wildman–Crippen LogP) is 1.94. The first-order valence-electron chi connectivity index (χ1n) is 12.9. The fourth-order valence-electron chi connectivity index (χ4n) is 5.91. The van der Waals surface area contributed by atoms with Gasteiger partial charge < -0.3 is 24.5 Å². The van der Waals surface area contributed by atoms with Gasteiger partial charge in [0.05, 0.1) is 31.8 Å². The lowest BCUT2D eigenvalue weighted by atomic mass is 9.96. The van der Waals surface area contributed by atoms with Gasteiger partial charge in [0.2, 0.25) is 0 Å². The van der Waals surface area contributed by atoms with Gasteiger partial charge in [-0.15, -0.1) is 0 Å². The maximum absolute atomic E-state index is 13.3. The largest absolute Gasteiger partial charge is 0.453 e. The number of para-hydroxylation sites is 1. The Balaban J connectivity index is 1.42. The van der Waals surface area contributed by atoms with Crippen LogP contribution in [0.5, 0.6) is 0 Å². The highest BCUT2D eigenvalue weighted by Gasteiger charge is 2.42. The zero-order valence-electron chi connectivity index (χ0n) is 21.6. The van der Waals surface area contributed by atoms with Crippen LogP contribution in [-0.2, 0) is 9.53 Å². The highest BCUT2D eigenvalue weighted by Crippen LogP contribution is 2.36.